The Labute approximate surface area is 87.9 Å². The molecule has 0 spiro atoms. The molecule has 2 heteroatoms. The number of hydrogen-bond acceptors (Lipinski definition) is 2. The highest BCUT2D eigenvalue weighted by Crippen LogP contribution is 2.30. The molecule has 0 saturated heterocycles. The molecular formula is C12H25NO. The van der Waals surface area contributed by atoms with Crippen molar-refractivity contribution < 1.29 is 5.11 Å². The normalized spacial score (nSPS) is 23.8. The van der Waals surface area contributed by atoms with Gasteiger partial charge in [0.15, 0.2) is 0 Å². The van der Waals surface area contributed by atoms with Gasteiger partial charge in [-0.05, 0) is 30.6 Å². The van der Waals surface area contributed by atoms with Gasteiger partial charge >= 0.3 is 0 Å². The van der Waals surface area contributed by atoms with E-state index in [1.807, 2.05) is 0 Å². The van der Waals surface area contributed by atoms with Crippen molar-refractivity contribution >= 4 is 0 Å². The molecular weight excluding hydrogens is 174 g/mol. The van der Waals surface area contributed by atoms with Crippen LogP contribution in [0.5, 0.6) is 0 Å². The summed E-state index contributed by atoms with van der Waals surface area (Å²) in [6.45, 7) is 4.56. The Morgan fingerprint density at radius 3 is 2.21 bits per heavy atom. The van der Waals surface area contributed by atoms with Crippen molar-refractivity contribution in [3.63, 3.8) is 0 Å². The SMILES string of the molecule is CC(C)C(CO)C(N)C1CCCCC1. The molecule has 0 bridgehead atoms. The molecule has 1 rings (SSSR count). The number of aliphatic hydroxyl groups excluding tert-OH is 1. The number of nitrogens with two attached hydrogens (primary N) is 1. The van der Waals surface area contributed by atoms with E-state index in [0.717, 1.165) is 0 Å². The Bertz CT molecular complexity index is 152. The van der Waals surface area contributed by atoms with Crippen molar-refractivity contribution in [3.05, 3.63) is 0 Å². The summed E-state index contributed by atoms with van der Waals surface area (Å²) in [4.78, 5) is 0. The van der Waals surface area contributed by atoms with E-state index in [1.54, 1.807) is 0 Å². The molecule has 1 fully saturated rings. The van der Waals surface area contributed by atoms with Crippen LogP contribution in [0.15, 0.2) is 0 Å². The largest absolute Gasteiger partial charge is 0.396 e. The number of aliphatic hydroxyl groups is 1. The van der Waals surface area contributed by atoms with Gasteiger partial charge < -0.3 is 10.8 Å². The minimum absolute atomic E-state index is 0.209. The Morgan fingerprint density at radius 2 is 1.79 bits per heavy atom. The van der Waals surface area contributed by atoms with Crippen LogP contribution in [0.3, 0.4) is 0 Å². The zero-order valence-corrected chi connectivity index (χ0v) is 9.58. The van der Waals surface area contributed by atoms with Crippen LogP contribution in [0.4, 0.5) is 0 Å². The summed E-state index contributed by atoms with van der Waals surface area (Å²) in [5, 5.41) is 9.32. The van der Waals surface area contributed by atoms with Gasteiger partial charge in [0.1, 0.15) is 0 Å². The second-order valence-corrected chi connectivity index (χ2v) is 5.07. The molecule has 0 radical (unpaired) electrons. The van der Waals surface area contributed by atoms with Gasteiger partial charge in [0, 0.05) is 12.6 Å². The summed E-state index contributed by atoms with van der Waals surface area (Å²) >= 11 is 0. The molecule has 0 aromatic rings. The fraction of sp³-hybridized carbons (Fsp3) is 1.00. The lowest BCUT2D eigenvalue weighted by Crippen LogP contribution is -2.42. The highest BCUT2D eigenvalue weighted by Gasteiger charge is 2.28. The predicted molar refractivity (Wildman–Crippen MR) is 60.0 cm³/mol. The minimum Gasteiger partial charge on any atom is -0.396 e. The van der Waals surface area contributed by atoms with Crippen molar-refractivity contribution in [3.8, 4) is 0 Å². The molecule has 2 nitrogen and oxygen atoms in total. The average Bonchev–Trinajstić information content (AvgIpc) is 2.19. The van der Waals surface area contributed by atoms with Crippen molar-refractivity contribution in [1.29, 1.82) is 0 Å². The maximum Gasteiger partial charge on any atom is 0.0476 e. The molecule has 84 valence electrons. The van der Waals surface area contributed by atoms with Crippen LogP contribution in [-0.2, 0) is 0 Å². The Balaban J connectivity index is 2.47. The van der Waals surface area contributed by atoms with Gasteiger partial charge in [-0.2, -0.15) is 0 Å². The first kappa shape index (κ1) is 12.0. The quantitative estimate of drug-likeness (QED) is 0.729. The zero-order valence-electron chi connectivity index (χ0n) is 9.58. The second-order valence-electron chi connectivity index (χ2n) is 5.07. The third kappa shape index (κ3) is 2.96. The van der Waals surface area contributed by atoms with Gasteiger partial charge in [-0.1, -0.05) is 33.1 Å². The number of hydrogen-bond donors (Lipinski definition) is 2. The van der Waals surface area contributed by atoms with E-state index < -0.39 is 0 Å². The number of rotatable bonds is 4. The predicted octanol–water partition coefficient (Wildman–Crippen LogP) is 2.16. The Kier molecular flexibility index (Phi) is 4.90. The third-order valence-electron chi connectivity index (χ3n) is 3.76. The van der Waals surface area contributed by atoms with E-state index in [1.165, 1.54) is 32.1 Å². The van der Waals surface area contributed by atoms with Crippen LogP contribution in [0.25, 0.3) is 0 Å². The van der Waals surface area contributed by atoms with Crippen LogP contribution in [0, 0.1) is 17.8 Å². The fourth-order valence-corrected chi connectivity index (χ4v) is 2.65. The summed E-state index contributed by atoms with van der Waals surface area (Å²) in [5.74, 6) is 1.44. The van der Waals surface area contributed by atoms with E-state index in [4.69, 9.17) is 5.73 Å². The lowest BCUT2D eigenvalue weighted by molar-refractivity contribution is 0.127. The average molecular weight is 199 g/mol. The Hall–Kier alpha value is -0.0800. The van der Waals surface area contributed by atoms with Crippen molar-refractivity contribution in [2.75, 3.05) is 6.61 Å². The molecule has 0 aromatic carbocycles. The molecule has 1 aliphatic rings. The molecule has 0 amide bonds. The van der Waals surface area contributed by atoms with E-state index in [0.29, 0.717) is 11.8 Å². The van der Waals surface area contributed by atoms with Crippen LogP contribution < -0.4 is 5.73 Å². The fourth-order valence-electron chi connectivity index (χ4n) is 2.65. The van der Waals surface area contributed by atoms with Gasteiger partial charge in [0.2, 0.25) is 0 Å². The first-order chi connectivity index (χ1) is 6.66. The first-order valence-corrected chi connectivity index (χ1v) is 6.03. The summed E-state index contributed by atoms with van der Waals surface area (Å²) in [7, 11) is 0. The summed E-state index contributed by atoms with van der Waals surface area (Å²) in [5.41, 5.74) is 6.24. The molecule has 2 atom stereocenters. The van der Waals surface area contributed by atoms with Gasteiger partial charge in [-0.15, -0.1) is 0 Å². The van der Waals surface area contributed by atoms with Gasteiger partial charge in [-0.3, -0.25) is 0 Å². The molecule has 0 aromatic heterocycles. The Morgan fingerprint density at radius 1 is 1.21 bits per heavy atom. The summed E-state index contributed by atoms with van der Waals surface area (Å²) < 4.78 is 0. The standard InChI is InChI=1S/C12H25NO/c1-9(2)11(8-14)12(13)10-6-4-3-5-7-10/h9-12,14H,3-8,13H2,1-2H3. The van der Waals surface area contributed by atoms with Gasteiger partial charge in [0.05, 0.1) is 0 Å². The zero-order chi connectivity index (χ0) is 10.6. The summed E-state index contributed by atoms with van der Waals surface area (Å²) in [6.07, 6.45) is 6.56. The highest BCUT2D eigenvalue weighted by molar-refractivity contribution is 4.83. The van der Waals surface area contributed by atoms with E-state index in [2.05, 4.69) is 13.8 Å². The minimum atomic E-state index is 0.209. The van der Waals surface area contributed by atoms with Gasteiger partial charge in [-0.25, -0.2) is 0 Å². The summed E-state index contributed by atoms with van der Waals surface area (Å²) in [6, 6.07) is 0.209. The smallest absolute Gasteiger partial charge is 0.0476 e. The maximum atomic E-state index is 9.32. The molecule has 2 unspecified atom stereocenters. The lowest BCUT2D eigenvalue weighted by atomic mass is 9.76. The van der Waals surface area contributed by atoms with Gasteiger partial charge in [0.25, 0.3) is 0 Å². The molecule has 0 heterocycles. The second kappa shape index (κ2) is 5.72. The van der Waals surface area contributed by atoms with E-state index in [-0.39, 0.29) is 18.6 Å². The monoisotopic (exact) mass is 199 g/mol. The first-order valence-electron chi connectivity index (χ1n) is 6.03. The van der Waals surface area contributed by atoms with Crippen molar-refractivity contribution in [2.45, 2.75) is 52.0 Å². The van der Waals surface area contributed by atoms with Crippen molar-refractivity contribution in [2.24, 2.45) is 23.5 Å². The van der Waals surface area contributed by atoms with Crippen LogP contribution in [0.2, 0.25) is 0 Å². The van der Waals surface area contributed by atoms with Crippen LogP contribution in [-0.4, -0.2) is 17.8 Å². The van der Waals surface area contributed by atoms with Crippen LogP contribution >= 0.6 is 0 Å². The van der Waals surface area contributed by atoms with Crippen molar-refractivity contribution in [1.82, 2.24) is 0 Å². The van der Waals surface area contributed by atoms with Crippen LogP contribution in [0.1, 0.15) is 46.0 Å². The maximum absolute atomic E-state index is 9.32. The molecule has 0 aliphatic heterocycles. The molecule has 14 heavy (non-hydrogen) atoms. The molecule has 1 saturated carbocycles. The van der Waals surface area contributed by atoms with E-state index >= 15 is 0 Å². The van der Waals surface area contributed by atoms with E-state index in [9.17, 15) is 5.11 Å². The highest BCUT2D eigenvalue weighted by atomic mass is 16.3. The molecule has 3 N–H and O–H groups in total. The third-order valence-corrected chi connectivity index (χ3v) is 3.76. The topological polar surface area (TPSA) is 46.2 Å². The molecule has 1 aliphatic carbocycles. The lowest BCUT2D eigenvalue weighted by Gasteiger charge is -2.34.